The summed E-state index contributed by atoms with van der Waals surface area (Å²) in [5, 5.41) is 0.304. The average Bonchev–Trinajstić information content (AvgIpc) is 2.42. The fourth-order valence-corrected chi connectivity index (χ4v) is 2.42. The van der Waals surface area contributed by atoms with Gasteiger partial charge in [0.25, 0.3) is 0 Å². The van der Waals surface area contributed by atoms with Crippen molar-refractivity contribution in [1.82, 2.24) is 0 Å². The van der Waals surface area contributed by atoms with Gasteiger partial charge in [0.05, 0.1) is 0 Å². The summed E-state index contributed by atoms with van der Waals surface area (Å²) in [6.45, 7) is 4.27. The lowest BCUT2D eigenvalue weighted by atomic mass is 9.98. The third kappa shape index (κ3) is 4.40. The van der Waals surface area contributed by atoms with E-state index in [0.717, 1.165) is 5.56 Å². The van der Waals surface area contributed by atoms with E-state index in [1.807, 2.05) is 12.1 Å². The summed E-state index contributed by atoms with van der Waals surface area (Å²) < 4.78 is 13.0. The Morgan fingerprint density at radius 3 is 2.33 bits per heavy atom. The number of rotatable bonds is 5. The van der Waals surface area contributed by atoms with Gasteiger partial charge in [-0.25, -0.2) is 4.39 Å². The molecule has 110 valence electrons. The van der Waals surface area contributed by atoms with Crippen molar-refractivity contribution < 1.29 is 9.18 Å². The molecule has 2 rings (SSSR count). The minimum Gasteiger partial charge on any atom is -0.299 e. The van der Waals surface area contributed by atoms with Crippen LogP contribution in [0.15, 0.2) is 42.5 Å². The van der Waals surface area contributed by atoms with Crippen molar-refractivity contribution in [2.45, 2.75) is 32.6 Å². The van der Waals surface area contributed by atoms with E-state index in [1.165, 1.54) is 17.7 Å². The van der Waals surface area contributed by atoms with Crippen molar-refractivity contribution in [1.29, 1.82) is 0 Å². The number of ketones is 1. The minimum absolute atomic E-state index is 0.0702. The molecule has 0 radical (unpaired) electrons. The Labute approximate surface area is 129 Å². The maximum absolute atomic E-state index is 13.0. The molecule has 0 bridgehead atoms. The molecule has 0 N–H and O–H groups in total. The number of carbonyl (C=O) groups excluding carboxylic acids is 1. The fourth-order valence-electron chi connectivity index (χ4n) is 2.19. The second-order valence-corrected chi connectivity index (χ2v) is 5.93. The van der Waals surface area contributed by atoms with Crippen LogP contribution in [0.1, 0.15) is 36.5 Å². The van der Waals surface area contributed by atoms with Crippen LogP contribution in [0.25, 0.3) is 0 Å². The van der Waals surface area contributed by atoms with Crippen molar-refractivity contribution in [3.05, 3.63) is 70.0 Å². The zero-order valence-electron chi connectivity index (χ0n) is 12.2. The molecule has 3 heteroatoms. The van der Waals surface area contributed by atoms with Crippen molar-refractivity contribution >= 4 is 17.4 Å². The molecule has 0 saturated heterocycles. The average molecular weight is 305 g/mol. The number of carbonyl (C=O) groups is 1. The first-order chi connectivity index (χ1) is 9.95. The van der Waals surface area contributed by atoms with Gasteiger partial charge in [-0.15, -0.1) is 0 Å². The monoisotopic (exact) mass is 304 g/mol. The molecule has 0 aliphatic carbocycles. The molecule has 0 amide bonds. The van der Waals surface area contributed by atoms with Crippen molar-refractivity contribution in [2.24, 2.45) is 0 Å². The van der Waals surface area contributed by atoms with Crippen LogP contribution in [-0.2, 0) is 17.6 Å². The zero-order chi connectivity index (χ0) is 15.4. The molecule has 0 aliphatic heterocycles. The van der Waals surface area contributed by atoms with E-state index in [9.17, 15) is 9.18 Å². The Bertz CT molecular complexity index is 632. The summed E-state index contributed by atoms with van der Waals surface area (Å²) in [6.07, 6.45) is 0.594. The SMILES string of the molecule is CC(C)c1ccc(CC(=O)Cc2ccc(F)cc2Cl)cc1. The first-order valence-electron chi connectivity index (χ1n) is 7.00. The molecule has 2 aromatic carbocycles. The second kappa shape index (κ2) is 6.86. The third-order valence-electron chi connectivity index (χ3n) is 3.45. The van der Waals surface area contributed by atoms with Crippen LogP contribution >= 0.6 is 11.6 Å². The molecule has 0 fully saturated rings. The molecule has 0 saturated carbocycles. The quantitative estimate of drug-likeness (QED) is 0.763. The van der Waals surface area contributed by atoms with E-state index in [-0.39, 0.29) is 18.0 Å². The number of hydrogen-bond donors (Lipinski definition) is 0. The van der Waals surface area contributed by atoms with Gasteiger partial charge in [0.1, 0.15) is 11.6 Å². The van der Waals surface area contributed by atoms with Crippen molar-refractivity contribution in [2.75, 3.05) is 0 Å². The maximum atomic E-state index is 13.0. The molecule has 0 spiro atoms. The molecule has 0 aromatic heterocycles. The Balaban J connectivity index is 2.01. The van der Waals surface area contributed by atoms with Gasteiger partial charge in [-0.05, 0) is 34.7 Å². The smallest absolute Gasteiger partial charge is 0.141 e. The van der Waals surface area contributed by atoms with E-state index in [0.29, 0.717) is 22.9 Å². The summed E-state index contributed by atoms with van der Waals surface area (Å²) in [4.78, 5) is 12.1. The highest BCUT2D eigenvalue weighted by atomic mass is 35.5. The summed E-state index contributed by atoms with van der Waals surface area (Å²) >= 11 is 5.94. The highest BCUT2D eigenvalue weighted by molar-refractivity contribution is 6.31. The molecule has 0 atom stereocenters. The normalized spacial score (nSPS) is 10.9. The third-order valence-corrected chi connectivity index (χ3v) is 3.80. The van der Waals surface area contributed by atoms with Gasteiger partial charge in [0.2, 0.25) is 0 Å². The molecule has 0 unspecified atom stereocenters. The Morgan fingerprint density at radius 1 is 1.10 bits per heavy atom. The van der Waals surface area contributed by atoms with Crippen LogP contribution in [0.2, 0.25) is 5.02 Å². The van der Waals surface area contributed by atoms with E-state index >= 15 is 0 Å². The second-order valence-electron chi connectivity index (χ2n) is 5.52. The van der Waals surface area contributed by atoms with E-state index < -0.39 is 0 Å². The van der Waals surface area contributed by atoms with Gasteiger partial charge in [-0.3, -0.25) is 4.79 Å². The summed E-state index contributed by atoms with van der Waals surface area (Å²) in [6, 6.07) is 12.2. The van der Waals surface area contributed by atoms with E-state index in [4.69, 9.17) is 11.6 Å². The van der Waals surface area contributed by atoms with E-state index in [1.54, 1.807) is 6.07 Å². The largest absolute Gasteiger partial charge is 0.299 e. The minimum atomic E-state index is -0.388. The molecule has 1 nitrogen and oxygen atoms in total. The van der Waals surface area contributed by atoms with Gasteiger partial charge < -0.3 is 0 Å². The summed E-state index contributed by atoms with van der Waals surface area (Å²) in [7, 11) is 0. The number of hydrogen-bond acceptors (Lipinski definition) is 1. The van der Waals surface area contributed by atoms with Crippen LogP contribution < -0.4 is 0 Å². The molecule has 21 heavy (non-hydrogen) atoms. The predicted molar refractivity (Wildman–Crippen MR) is 84.4 cm³/mol. The first kappa shape index (κ1) is 15.7. The lowest BCUT2D eigenvalue weighted by Gasteiger charge is -2.07. The summed E-state index contributed by atoms with van der Waals surface area (Å²) in [5.41, 5.74) is 2.91. The molecular formula is C18H18ClFO. The zero-order valence-corrected chi connectivity index (χ0v) is 13.0. The van der Waals surface area contributed by atoms with Crippen molar-refractivity contribution in [3.8, 4) is 0 Å². The van der Waals surface area contributed by atoms with E-state index in [2.05, 4.69) is 26.0 Å². The fraction of sp³-hybridized carbons (Fsp3) is 0.278. The number of Topliss-reactive ketones (excluding diaryl/α,β-unsaturated/α-hetero) is 1. The molecule has 0 heterocycles. The Morgan fingerprint density at radius 2 is 1.76 bits per heavy atom. The number of halogens is 2. The van der Waals surface area contributed by atoms with Crippen LogP contribution in [0.4, 0.5) is 4.39 Å². The standard InChI is InChI=1S/C18H18ClFO/c1-12(2)14-5-3-13(4-6-14)9-17(21)10-15-7-8-16(20)11-18(15)19/h3-8,11-12H,9-10H2,1-2H3. The van der Waals surface area contributed by atoms with Gasteiger partial charge in [-0.2, -0.15) is 0 Å². The highest BCUT2D eigenvalue weighted by Crippen LogP contribution is 2.19. The van der Waals surface area contributed by atoms with Crippen molar-refractivity contribution in [3.63, 3.8) is 0 Å². The lowest BCUT2D eigenvalue weighted by molar-refractivity contribution is -0.117. The van der Waals surface area contributed by atoms with Crippen LogP contribution in [0.3, 0.4) is 0 Å². The predicted octanol–water partition coefficient (Wildman–Crippen LogP) is 4.96. The molecular weight excluding hydrogens is 287 g/mol. The topological polar surface area (TPSA) is 17.1 Å². The lowest BCUT2D eigenvalue weighted by Crippen LogP contribution is -2.07. The van der Waals surface area contributed by atoms with Crippen LogP contribution in [-0.4, -0.2) is 5.78 Å². The Kier molecular flexibility index (Phi) is 5.13. The van der Waals surface area contributed by atoms with Crippen LogP contribution in [0.5, 0.6) is 0 Å². The summed E-state index contributed by atoms with van der Waals surface area (Å²) in [5.74, 6) is 0.161. The molecule has 2 aromatic rings. The number of benzene rings is 2. The van der Waals surface area contributed by atoms with Gasteiger partial charge >= 0.3 is 0 Å². The van der Waals surface area contributed by atoms with Gasteiger partial charge in [0.15, 0.2) is 0 Å². The Hall–Kier alpha value is -1.67. The maximum Gasteiger partial charge on any atom is 0.141 e. The van der Waals surface area contributed by atoms with Gasteiger partial charge in [-0.1, -0.05) is 55.8 Å². The highest BCUT2D eigenvalue weighted by Gasteiger charge is 2.09. The first-order valence-corrected chi connectivity index (χ1v) is 7.38. The van der Waals surface area contributed by atoms with Gasteiger partial charge in [0, 0.05) is 17.9 Å². The molecule has 0 aliphatic rings. The van der Waals surface area contributed by atoms with Crippen LogP contribution in [0, 0.1) is 5.82 Å².